The van der Waals surface area contributed by atoms with Gasteiger partial charge in [-0.2, -0.15) is 0 Å². The Labute approximate surface area is 116 Å². The zero-order chi connectivity index (χ0) is 14.6. The second kappa shape index (κ2) is 6.40. The van der Waals surface area contributed by atoms with Gasteiger partial charge in [0.15, 0.2) is 0 Å². The van der Waals surface area contributed by atoms with Gasteiger partial charge in [-0.1, -0.05) is 26.7 Å². The van der Waals surface area contributed by atoms with Gasteiger partial charge in [0.25, 0.3) is 0 Å². The molecule has 0 aliphatic heterocycles. The van der Waals surface area contributed by atoms with E-state index in [1.807, 2.05) is 6.92 Å². The molecule has 1 saturated carbocycles. The predicted octanol–water partition coefficient (Wildman–Crippen LogP) is 2.91. The number of likely N-dealkylation sites (N-methyl/N-ethyl adjacent to an activating group) is 1. The maximum Gasteiger partial charge on any atom is 0.329 e. The Morgan fingerprint density at radius 2 is 2.05 bits per heavy atom. The highest BCUT2D eigenvalue weighted by Crippen LogP contribution is 2.39. The van der Waals surface area contributed by atoms with E-state index in [2.05, 4.69) is 13.8 Å². The van der Waals surface area contributed by atoms with Crippen LogP contribution in [0.15, 0.2) is 0 Å². The average Bonchev–Trinajstić information content (AvgIpc) is 2.28. The van der Waals surface area contributed by atoms with E-state index in [1.165, 1.54) is 6.92 Å². The number of hydrogen-bond acceptors (Lipinski definition) is 2. The Balaban J connectivity index is 2.98. The van der Waals surface area contributed by atoms with E-state index in [0.29, 0.717) is 31.2 Å². The van der Waals surface area contributed by atoms with Crippen LogP contribution in [-0.2, 0) is 9.59 Å². The molecule has 2 unspecified atom stereocenters. The van der Waals surface area contributed by atoms with Crippen molar-refractivity contribution in [3.8, 4) is 0 Å². The van der Waals surface area contributed by atoms with Gasteiger partial charge < -0.3 is 10.0 Å². The molecule has 2 atom stereocenters. The van der Waals surface area contributed by atoms with Gasteiger partial charge in [-0.15, -0.1) is 0 Å². The van der Waals surface area contributed by atoms with E-state index < -0.39 is 11.5 Å². The van der Waals surface area contributed by atoms with Crippen LogP contribution in [0.4, 0.5) is 0 Å². The molecule has 1 amide bonds. The van der Waals surface area contributed by atoms with E-state index in [9.17, 15) is 14.7 Å². The van der Waals surface area contributed by atoms with Gasteiger partial charge in [-0.05, 0) is 38.0 Å². The molecule has 4 heteroatoms. The van der Waals surface area contributed by atoms with Crippen molar-refractivity contribution in [1.29, 1.82) is 0 Å². The van der Waals surface area contributed by atoms with Crippen molar-refractivity contribution >= 4 is 11.9 Å². The van der Waals surface area contributed by atoms with E-state index in [4.69, 9.17) is 0 Å². The van der Waals surface area contributed by atoms with Crippen molar-refractivity contribution in [3.05, 3.63) is 0 Å². The van der Waals surface area contributed by atoms with Crippen LogP contribution in [0, 0.1) is 11.8 Å². The summed E-state index contributed by atoms with van der Waals surface area (Å²) in [4.78, 5) is 25.2. The van der Waals surface area contributed by atoms with Gasteiger partial charge in [0.05, 0.1) is 0 Å². The second-order valence-corrected chi connectivity index (χ2v) is 6.19. The normalized spacial score (nSPS) is 27.3. The monoisotopic (exact) mass is 269 g/mol. The van der Waals surface area contributed by atoms with Crippen LogP contribution < -0.4 is 0 Å². The number of amides is 1. The van der Waals surface area contributed by atoms with E-state index in [0.717, 1.165) is 19.3 Å². The summed E-state index contributed by atoms with van der Waals surface area (Å²) in [6, 6.07) is 0. The first-order valence-electron chi connectivity index (χ1n) is 7.35. The van der Waals surface area contributed by atoms with Crippen LogP contribution in [0.25, 0.3) is 0 Å². The highest BCUT2D eigenvalue weighted by molar-refractivity contribution is 5.86. The summed E-state index contributed by atoms with van der Waals surface area (Å²) in [5.41, 5.74) is -0.974. The summed E-state index contributed by atoms with van der Waals surface area (Å²) in [7, 11) is 0. The zero-order valence-electron chi connectivity index (χ0n) is 12.6. The SMILES string of the molecule is CCN(C(C)=O)C1(C(=O)O)CCCC(CC(C)C)C1. The van der Waals surface area contributed by atoms with Gasteiger partial charge >= 0.3 is 5.97 Å². The number of carboxylic acids is 1. The Hall–Kier alpha value is -1.06. The summed E-state index contributed by atoms with van der Waals surface area (Å²) in [6.45, 7) is 8.13. The summed E-state index contributed by atoms with van der Waals surface area (Å²) in [6.07, 6.45) is 4.22. The molecule has 0 aromatic carbocycles. The van der Waals surface area contributed by atoms with Crippen molar-refractivity contribution in [2.75, 3.05) is 6.54 Å². The number of aliphatic carboxylic acids is 1. The van der Waals surface area contributed by atoms with Gasteiger partial charge in [0, 0.05) is 13.5 Å². The van der Waals surface area contributed by atoms with Crippen LogP contribution in [0.1, 0.15) is 59.8 Å². The van der Waals surface area contributed by atoms with Crippen molar-refractivity contribution in [3.63, 3.8) is 0 Å². The lowest BCUT2D eigenvalue weighted by Gasteiger charge is -2.45. The summed E-state index contributed by atoms with van der Waals surface area (Å²) in [5, 5.41) is 9.70. The third-order valence-corrected chi connectivity index (χ3v) is 4.24. The number of carbonyl (C=O) groups excluding carboxylic acids is 1. The third-order valence-electron chi connectivity index (χ3n) is 4.24. The fourth-order valence-corrected chi connectivity index (χ4v) is 3.61. The zero-order valence-corrected chi connectivity index (χ0v) is 12.6. The third kappa shape index (κ3) is 3.48. The minimum atomic E-state index is -0.974. The van der Waals surface area contributed by atoms with Gasteiger partial charge in [-0.3, -0.25) is 4.79 Å². The maximum atomic E-state index is 11.8. The molecule has 1 aliphatic rings. The van der Waals surface area contributed by atoms with Crippen LogP contribution in [0.2, 0.25) is 0 Å². The molecule has 0 bridgehead atoms. The fraction of sp³-hybridized carbons (Fsp3) is 0.867. The Kier molecular flexibility index (Phi) is 5.39. The van der Waals surface area contributed by atoms with E-state index >= 15 is 0 Å². The minimum Gasteiger partial charge on any atom is -0.479 e. The predicted molar refractivity (Wildman–Crippen MR) is 74.8 cm³/mol. The van der Waals surface area contributed by atoms with E-state index in [1.54, 1.807) is 4.90 Å². The first-order valence-corrected chi connectivity index (χ1v) is 7.35. The van der Waals surface area contributed by atoms with Gasteiger partial charge in [0.1, 0.15) is 5.54 Å². The number of carboxylic acid groups (broad SMARTS) is 1. The van der Waals surface area contributed by atoms with Crippen molar-refractivity contribution in [1.82, 2.24) is 4.90 Å². The molecule has 0 radical (unpaired) electrons. The van der Waals surface area contributed by atoms with Gasteiger partial charge in [0.2, 0.25) is 5.91 Å². The fourth-order valence-electron chi connectivity index (χ4n) is 3.61. The minimum absolute atomic E-state index is 0.130. The lowest BCUT2D eigenvalue weighted by atomic mass is 9.72. The van der Waals surface area contributed by atoms with Crippen LogP contribution in [0.3, 0.4) is 0 Å². The summed E-state index contributed by atoms with van der Waals surface area (Å²) < 4.78 is 0. The highest BCUT2D eigenvalue weighted by atomic mass is 16.4. The van der Waals surface area contributed by atoms with Crippen molar-refractivity contribution in [2.24, 2.45) is 11.8 Å². The van der Waals surface area contributed by atoms with Gasteiger partial charge in [-0.25, -0.2) is 4.79 Å². The molecule has 0 aromatic heterocycles. The van der Waals surface area contributed by atoms with Crippen LogP contribution in [-0.4, -0.2) is 34.0 Å². The maximum absolute atomic E-state index is 11.8. The molecule has 0 aromatic rings. The lowest BCUT2D eigenvalue weighted by Crippen LogP contribution is -2.58. The molecule has 1 aliphatic carbocycles. The largest absolute Gasteiger partial charge is 0.479 e. The van der Waals surface area contributed by atoms with Crippen LogP contribution >= 0.6 is 0 Å². The molecule has 1 N–H and O–H groups in total. The van der Waals surface area contributed by atoms with Crippen molar-refractivity contribution in [2.45, 2.75) is 65.3 Å². The lowest BCUT2D eigenvalue weighted by molar-refractivity contribution is -0.162. The molecule has 19 heavy (non-hydrogen) atoms. The topological polar surface area (TPSA) is 57.6 Å². The van der Waals surface area contributed by atoms with Crippen LogP contribution in [0.5, 0.6) is 0 Å². The second-order valence-electron chi connectivity index (χ2n) is 6.19. The molecule has 0 saturated heterocycles. The standard InChI is InChI=1S/C15H27NO3/c1-5-16(12(4)17)15(14(18)19)8-6-7-13(10-15)9-11(2)3/h11,13H,5-10H2,1-4H3,(H,18,19). The summed E-state index contributed by atoms with van der Waals surface area (Å²) in [5.74, 6) is 0.0216. The Morgan fingerprint density at radius 3 is 2.47 bits per heavy atom. The molecule has 110 valence electrons. The highest BCUT2D eigenvalue weighted by Gasteiger charge is 2.48. The quantitative estimate of drug-likeness (QED) is 0.835. The van der Waals surface area contributed by atoms with Crippen molar-refractivity contribution < 1.29 is 14.7 Å². The average molecular weight is 269 g/mol. The first-order chi connectivity index (χ1) is 8.83. The Bertz CT molecular complexity index is 340. The number of rotatable bonds is 5. The number of hydrogen-bond donors (Lipinski definition) is 1. The number of carbonyl (C=O) groups is 2. The molecular formula is C15H27NO3. The first kappa shape index (κ1) is 16.0. The molecule has 0 spiro atoms. The molecule has 1 rings (SSSR count). The van der Waals surface area contributed by atoms with E-state index in [-0.39, 0.29) is 5.91 Å². The molecule has 1 fully saturated rings. The Morgan fingerprint density at radius 1 is 1.42 bits per heavy atom. The smallest absolute Gasteiger partial charge is 0.329 e. The molecular weight excluding hydrogens is 242 g/mol. The number of nitrogens with zero attached hydrogens (tertiary/aromatic N) is 1. The summed E-state index contributed by atoms with van der Waals surface area (Å²) >= 11 is 0. The molecule has 0 heterocycles. The molecule has 4 nitrogen and oxygen atoms in total.